The SMILES string of the molecule is Cc1cc(C)c2oc(=O)cc(C[NH+]3CCCC[C@H]3CCO)c2c1. The van der Waals surface area contributed by atoms with Crippen LogP contribution in [0.15, 0.2) is 27.4 Å². The second kappa shape index (κ2) is 6.85. The van der Waals surface area contributed by atoms with E-state index in [1.165, 1.54) is 23.3 Å². The Labute approximate surface area is 136 Å². The van der Waals surface area contributed by atoms with Crippen molar-refractivity contribution in [3.05, 3.63) is 45.3 Å². The number of nitrogens with one attached hydrogen (secondary N) is 1. The van der Waals surface area contributed by atoms with E-state index in [9.17, 15) is 9.90 Å². The minimum Gasteiger partial charge on any atom is -0.422 e. The summed E-state index contributed by atoms with van der Waals surface area (Å²) in [6, 6.07) is 6.31. The quantitative estimate of drug-likeness (QED) is 0.845. The zero-order valence-electron chi connectivity index (χ0n) is 14.0. The van der Waals surface area contributed by atoms with E-state index in [0.29, 0.717) is 11.6 Å². The fourth-order valence-electron chi connectivity index (χ4n) is 3.96. The number of hydrogen-bond acceptors (Lipinski definition) is 3. The molecule has 1 aromatic heterocycles. The van der Waals surface area contributed by atoms with Gasteiger partial charge in [0.2, 0.25) is 0 Å². The molecule has 0 saturated carbocycles. The largest absolute Gasteiger partial charge is 0.422 e. The van der Waals surface area contributed by atoms with Gasteiger partial charge in [0.15, 0.2) is 0 Å². The van der Waals surface area contributed by atoms with Crippen molar-refractivity contribution < 1.29 is 14.4 Å². The van der Waals surface area contributed by atoms with E-state index in [1.807, 2.05) is 6.92 Å². The van der Waals surface area contributed by atoms with Gasteiger partial charge in [-0.25, -0.2) is 4.79 Å². The average molecular weight is 316 g/mol. The molecule has 2 N–H and O–H groups in total. The molecule has 1 saturated heterocycles. The van der Waals surface area contributed by atoms with Crippen molar-refractivity contribution in [2.45, 2.75) is 52.1 Å². The molecule has 0 spiro atoms. The van der Waals surface area contributed by atoms with Crippen LogP contribution in [0.4, 0.5) is 0 Å². The third-order valence-electron chi connectivity index (χ3n) is 5.03. The maximum absolute atomic E-state index is 12.0. The summed E-state index contributed by atoms with van der Waals surface area (Å²) in [5.74, 6) is 0. The molecule has 4 nitrogen and oxygen atoms in total. The molecule has 3 rings (SSSR count). The van der Waals surface area contributed by atoms with Gasteiger partial charge in [-0.15, -0.1) is 0 Å². The summed E-state index contributed by atoms with van der Waals surface area (Å²) < 4.78 is 5.45. The van der Waals surface area contributed by atoms with Crippen molar-refractivity contribution in [3.63, 3.8) is 0 Å². The standard InChI is InChI=1S/C19H25NO3/c1-13-9-14(2)19-17(10-13)15(11-18(22)23-19)12-20-7-4-3-5-16(20)6-8-21/h9-11,16,21H,3-8,12H2,1-2H3/p+1/t16-/m0/s1. The molecular formula is C19H26NO3+. The van der Waals surface area contributed by atoms with Crippen LogP contribution in [-0.2, 0) is 6.54 Å². The molecule has 1 aliphatic rings. The van der Waals surface area contributed by atoms with Gasteiger partial charge in [-0.05, 0) is 50.3 Å². The first-order chi connectivity index (χ1) is 11.1. The minimum absolute atomic E-state index is 0.240. The summed E-state index contributed by atoms with van der Waals surface area (Å²) in [6.45, 7) is 6.24. The Hall–Kier alpha value is -1.65. The van der Waals surface area contributed by atoms with Crippen LogP contribution in [0.5, 0.6) is 0 Å². The normalized spacial score (nSPS) is 21.7. The van der Waals surface area contributed by atoms with Crippen molar-refractivity contribution in [1.29, 1.82) is 0 Å². The first-order valence-electron chi connectivity index (χ1n) is 8.58. The van der Waals surface area contributed by atoms with E-state index in [2.05, 4.69) is 19.1 Å². The number of aliphatic hydroxyl groups is 1. The maximum Gasteiger partial charge on any atom is 0.336 e. The fourth-order valence-corrected chi connectivity index (χ4v) is 3.96. The van der Waals surface area contributed by atoms with Gasteiger partial charge >= 0.3 is 5.63 Å². The lowest BCUT2D eigenvalue weighted by Gasteiger charge is -2.32. The van der Waals surface area contributed by atoms with Crippen LogP contribution >= 0.6 is 0 Å². The predicted molar refractivity (Wildman–Crippen MR) is 90.8 cm³/mol. The van der Waals surface area contributed by atoms with Crippen LogP contribution in [0.3, 0.4) is 0 Å². The number of quaternary nitrogens is 1. The van der Waals surface area contributed by atoms with Crippen LogP contribution < -0.4 is 10.5 Å². The molecule has 124 valence electrons. The number of rotatable bonds is 4. The Kier molecular flexibility index (Phi) is 4.83. The summed E-state index contributed by atoms with van der Waals surface area (Å²) in [5, 5.41) is 10.4. The lowest BCUT2D eigenvalue weighted by molar-refractivity contribution is -0.944. The third kappa shape index (κ3) is 3.48. The molecule has 23 heavy (non-hydrogen) atoms. The maximum atomic E-state index is 12.0. The van der Waals surface area contributed by atoms with E-state index in [-0.39, 0.29) is 12.2 Å². The van der Waals surface area contributed by atoms with E-state index in [0.717, 1.165) is 42.4 Å². The fraction of sp³-hybridized carbons (Fsp3) is 0.526. The highest BCUT2D eigenvalue weighted by Crippen LogP contribution is 2.22. The van der Waals surface area contributed by atoms with E-state index in [1.54, 1.807) is 6.07 Å². The summed E-state index contributed by atoms with van der Waals surface area (Å²) in [7, 11) is 0. The number of aryl methyl sites for hydroxylation is 2. The van der Waals surface area contributed by atoms with Crippen molar-refractivity contribution in [1.82, 2.24) is 0 Å². The molecule has 4 heteroatoms. The second-order valence-electron chi connectivity index (χ2n) is 6.84. The van der Waals surface area contributed by atoms with E-state index >= 15 is 0 Å². The second-order valence-corrected chi connectivity index (χ2v) is 6.84. The molecule has 0 amide bonds. The lowest BCUT2D eigenvalue weighted by atomic mass is 9.97. The van der Waals surface area contributed by atoms with Gasteiger partial charge in [-0.3, -0.25) is 0 Å². The number of likely N-dealkylation sites (tertiary alicyclic amines) is 1. The van der Waals surface area contributed by atoms with Crippen LogP contribution in [0, 0.1) is 13.8 Å². The van der Waals surface area contributed by atoms with Crippen LogP contribution in [0.25, 0.3) is 11.0 Å². The van der Waals surface area contributed by atoms with Gasteiger partial charge in [-0.1, -0.05) is 6.07 Å². The van der Waals surface area contributed by atoms with Crippen molar-refractivity contribution >= 4 is 11.0 Å². The molecule has 0 aliphatic carbocycles. The zero-order chi connectivity index (χ0) is 16.4. The van der Waals surface area contributed by atoms with Crippen molar-refractivity contribution in [3.8, 4) is 0 Å². The molecule has 0 bridgehead atoms. The number of aliphatic hydroxyl groups excluding tert-OH is 1. The summed E-state index contributed by atoms with van der Waals surface area (Å²) in [6.07, 6.45) is 4.46. The molecule has 1 unspecified atom stereocenters. The number of fused-ring (bicyclic) bond motifs is 1. The Balaban J connectivity index is 2.00. The van der Waals surface area contributed by atoms with Crippen LogP contribution in [0.1, 0.15) is 42.4 Å². The third-order valence-corrected chi connectivity index (χ3v) is 5.03. The smallest absolute Gasteiger partial charge is 0.336 e. The Morgan fingerprint density at radius 3 is 2.87 bits per heavy atom. The first-order valence-corrected chi connectivity index (χ1v) is 8.58. The topological polar surface area (TPSA) is 54.9 Å². The molecule has 0 radical (unpaired) electrons. The van der Waals surface area contributed by atoms with Crippen LogP contribution in [-0.4, -0.2) is 24.3 Å². The summed E-state index contributed by atoms with van der Waals surface area (Å²) in [4.78, 5) is 13.5. The Bertz CT molecular complexity index is 748. The van der Waals surface area contributed by atoms with Gasteiger partial charge in [-0.2, -0.15) is 0 Å². The van der Waals surface area contributed by atoms with E-state index in [4.69, 9.17) is 4.42 Å². The number of piperidine rings is 1. The van der Waals surface area contributed by atoms with Crippen molar-refractivity contribution in [2.75, 3.05) is 13.2 Å². The Morgan fingerprint density at radius 1 is 1.26 bits per heavy atom. The van der Waals surface area contributed by atoms with E-state index < -0.39 is 0 Å². The molecule has 1 aliphatic heterocycles. The first kappa shape index (κ1) is 16.2. The van der Waals surface area contributed by atoms with Gasteiger partial charge in [0, 0.05) is 30.0 Å². The molecular weight excluding hydrogens is 290 g/mol. The Morgan fingerprint density at radius 2 is 2.09 bits per heavy atom. The number of hydrogen-bond donors (Lipinski definition) is 2. The average Bonchev–Trinajstić information content (AvgIpc) is 2.51. The molecule has 2 aromatic rings. The van der Waals surface area contributed by atoms with Crippen molar-refractivity contribution in [2.24, 2.45) is 0 Å². The zero-order valence-corrected chi connectivity index (χ0v) is 14.0. The van der Waals surface area contributed by atoms with Crippen LogP contribution in [0.2, 0.25) is 0 Å². The number of benzene rings is 1. The van der Waals surface area contributed by atoms with Gasteiger partial charge in [0.1, 0.15) is 12.1 Å². The van der Waals surface area contributed by atoms with Gasteiger partial charge < -0.3 is 14.4 Å². The van der Waals surface area contributed by atoms with Gasteiger partial charge in [0.05, 0.1) is 12.6 Å². The monoisotopic (exact) mass is 316 g/mol. The molecule has 2 atom stereocenters. The molecule has 1 aromatic carbocycles. The van der Waals surface area contributed by atoms with Gasteiger partial charge in [0.25, 0.3) is 0 Å². The highest BCUT2D eigenvalue weighted by atomic mass is 16.4. The lowest BCUT2D eigenvalue weighted by Crippen LogP contribution is -3.15. The molecule has 2 heterocycles. The highest BCUT2D eigenvalue weighted by Gasteiger charge is 2.26. The summed E-state index contributed by atoms with van der Waals surface area (Å²) >= 11 is 0. The highest BCUT2D eigenvalue weighted by molar-refractivity contribution is 5.83. The predicted octanol–water partition coefficient (Wildman–Crippen LogP) is 1.73. The molecule has 1 fully saturated rings. The summed E-state index contributed by atoms with van der Waals surface area (Å²) in [5.41, 5.74) is 3.72. The minimum atomic E-state index is -0.269.